The van der Waals surface area contributed by atoms with E-state index < -0.39 is 17.9 Å². The molecule has 3 rings (SSSR count). The predicted molar refractivity (Wildman–Crippen MR) is 78.1 cm³/mol. The normalized spacial score (nSPS) is 25.1. The van der Waals surface area contributed by atoms with Crippen LogP contribution in [0.5, 0.6) is 0 Å². The Balaban J connectivity index is 1.96. The molecule has 2 atom stereocenters. The van der Waals surface area contributed by atoms with E-state index in [9.17, 15) is 19.8 Å². The Morgan fingerprint density at radius 2 is 2.05 bits per heavy atom. The van der Waals surface area contributed by atoms with E-state index in [4.69, 9.17) is 0 Å². The van der Waals surface area contributed by atoms with Crippen LogP contribution in [-0.2, 0) is 17.8 Å². The fourth-order valence-corrected chi connectivity index (χ4v) is 3.60. The molecule has 0 spiro atoms. The number of aromatic nitrogens is 2. The Bertz CT molecular complexity index is 610. The molecule has 7 heteroatoms. The maximum Gasteiger partial charge on any atom is 0.356 e. The van der Waals surface area contributed by atoms with Gasteiger partial charge in [-0.2, -0.15) is 0 Å². The molecule has 0 saturated carbocycles. The second-order valence-corrected chi connectivity index (χ2v) is 6.13. The van der Waals surface area contributed by atoms with Crippen molar-refractivity contribution in [2.24, 2.45) is 5.92 Å². The topological polar surface area (TPSA) is 95.7 Å². The lowest BCUT2D eigenvalue weighted by Crippen LogP contribution is -2.29. The van der Waals surface area contributed by atoms with Crippen molar-refractivity contribution in [1.82, 2.24) is 14.5 Å². The predicted octanol–water partition coefficient (Wildman–Crippen LogP) is 1.04. The SMILES string of the molecule is CCN1CCC(c2nc(C(=O)O)c3n2CC(C(=O)O)CC3)C1. The van der Waals surface area contributed by atoms with Gasteiger partial charge in [-0.05, 0) is 32.4 Å². The molecular formula is C15H21N3O4. The molecule has 7 nitrogen and oxygen atoms in total. The Morgan fingerprint density at radius 1 is 1.27 bits per heavy atom. The number of imidazole rings is 1. The van der Waals surface area contributed by atoms with Crippen LogP contribution in [0, 0.1) is 5.92 Å². The summed E-state index contributed by atoms with van der Waals surface area (Å²) in [5.74, 6) is -1.34. The summed E-state index contributed by atoms with van der Waals surface area (Å²) < 4.78 is 1.87. The number of likely N-dealkylation sites (tertiary alicyclic amines) is 1. The van der Waals surface area contributed by atoms with Crippen molar-refractivity contribution in [3.05, 3.63) is 17.2 Å². The molecule has 0 amide bonds. The van der Waals surface area contributed by atoms with Crippen LogP contribution < -0.4 is 0 Å². The van der Waals surface area contributed by atoms with E-state index in [1.165, 1.54) is 0 Å². The van der Waals surface area contributed by atoms with Gasteiger partial charge in [0.15, 0.2) is 5.69 Å². The molecule has 22 heavy (non-hydrogen) atoms. The minimum atomic E-state index is -1.02. The number of carboxylic acids is 2. The van der Waals surface area contributed by atoms with E-state index in [1.54, 1.807) is 0 Å². The van der Waals surface area contributed by atoms with Gasteiger partial charge in [0, 0.05) is 19.0 Å². The minimum Gasteiger partial charge on any atom is -0.481 e. The molecular weight excluding hydrogens is 286 g/mol. The Morgan fingerprint density at radius 3 is 2.64 bits per heavy atom. The van der Waals surface area contributed by atoms with Crippen LogP contribution in [0.15, 0.2) is 0 Å². The van der Waals surface area contributed by atoms with E-state index in [-0.39, 0.29) is 11.6 Å². The van der Waals surface area contributed by atoms with Crippen LogP contribution in [-0.4, -0.2) is 56.2 Å². The molecule has 0 aromatic carbocycles. The third-order valence-corrected chi connectivity index (χ3v) is 4.87. The number of carboxylic acid groups (broad SMARTS) is 2. The monoisotopic (exact) mass is 307 g/mol. The maximum atomic E-state index is 11.4. The zero-order valence-corrected chi connectivity index (χ0v) is 12.7. The first-order chi connectivity index (χ1) is 10.5. The molecule has 1 aromatic heterocycles. The molecule has 0 radical (unpaired) electrons. The van der Waals surface area contributed by atoms with Gasteiger partial charge in [0.05, 0.1) is 11.6 Å². The van der Waals surface area contributed by atoms with E-state index in [1.807, 2.05) is 4.57 Å². The summed E-state index contributed by atoms with van der Waals surface area (Å²) in [7, 11) is 0. The molecule has 1 aromatic rings. The van der Waals surface area contributed by atoms with E-state index in [2.05, 4.69) is 16.8 Å². The van der Waals surface area contributed by atoms with Crippen LogP contribution in [0.3, 0.4) is 0 Å². The molecule has 1 fully saturated rings. The van der Waals surface area contributed by atoms with Crippen molar-refractivity contribution in [2.45, 2.75) is 38.6 Å². The van der Waals surface area contributed by atoms with Crippen LogP contribution >= 0.6 is 0 Å². The highest BCUT2D eigenvalue weighted by atomic mass is 16.4. The number of aliphatic carboxylic acids is 1. The lowest BCUT2D eigenvalue weighted by Gasteiger charge is -2.24. The summed E-state index contributed by atoms with van der Waals surface area (Å²) >= 11 is 0. The molecule has 2 unspecified atom stereocenters. The van der Waals surface area contributed by atoms with E-state index in [0.29, 0.717) is 25.1 Å². The third kappa shape index (κ3) is 2.49. The lowest BCUT2D eigenvalue weighted by molar-refractivity contribution is -0.142. The van der Waals surface area contributed by atoms with Gasteiger partial charge in [0.25, 0.3) is 0 Å². The summed E-state index contributed by atoms with van der Waals surface area (Å²) in [5, 5.41) is 18.6. The standard InChI is InChI=1S/C15H21N3O4/c1-2-17-6-5-9(7-17)13-16-12(15(21)22)11-4-3-10(14(19)20)8-18(11)13/h9-10H,2-8H2,1H3,(H,19,20)(H,21,22). The van der Waals surface area contributed by atoms with Gasteiger partial charge in [-0.1, -0.05) is 6.92 Å². The summed E-state index contributed by atoms with van der Waals surface area (Å²) in [5.41, 5.74) is 0.795. The molecule has 2 aliphatic rings. The van der Waals surface area contributed by atoms with Gasteiger partial charge in [-0.3, -0.25) is 4.79 Å². The molecule has 120 valence electrons. The van der Waals surface area contributed by atoms with Crippen molar-refractivity contribution in [2.75, 3.05) is 19.6 Å². The van der Waals surface area contributed by atoms with Crippen LogP contribution in [0.1, 0.15) is 47.7 Å². The van der Waals surface area contributed by atoms with Crippen molar-refractivity contribution < 1.29 is 19.8 Å². The highest BCUT2D eigenvalue weighted by Crippen LogP contribution is 2.32. The zero-order valence-electron chi connectivity index (χ0n) is 12.7. The van der Waals surface area contributed by atoms with Gasteiger partial charge in [0.1, 0.15) is 5.82 Å². The Hall–Kier alpha value is -1.89. The first kappa shape index (κ1) is 15.0. The highest BCUT2D eigenvalue weighted by molar-refractivity contribution is 5.87. The molecule has 2 N–H and O–H groups in total. The number of hydrogen-bond acceptors (Lipinski definition) is 4. The average Bonchev–Trinajstić information content (AvgIpc) is 3.10. The smallest absolute Gasteiger partial charge is 0.356 e. The summed E-state index contributed by atoms with van der Waals surface area (Å²) in [6.07, 6.45) is 1.89. The van der Waals surface area contributed by atoms with Gasteiger partial charge >= 0.3 is 11.9 Å². The second-order valence-electron chi connectivity index (χ2n) is 6.13. The largest absolute Gasteiger partial charge is 0.481 e. The van der Waals surface area contributed by atoms with Gasteiger partial charge in [0.2, 0.25) is 0 Å². The fourth-order valence-electron chi connectivity index (χ4n) is 3.60. The fraction of sp³-hybridized carbons (Fsp3) is 0.667. The number of carbonyl (C=O) groups is 2. The van der Waals surface area contributed by atoms with Gasteiger partial charge < -0.3 is 19.7 Å². The summed E-state index contributed by atoms with van der Waals surface area (Å²) in [4.78, 5) is 29.4. The number of nitrogens with zero attached hydrogens (tertiary/aromatic N) is 3. The van der Waals surface area contributed by atoms with Crippen molar-refractivity contribution in [3.8, 4) is 0 Å². The first-order valence-electron chi connectivity index (χ1n) is 7.79. The van der Waals surface area contributed by atoms with Crippen LogP contribution in [0.4, 0.5) is 0 Å². The molecule has 2 aliphatic heterocycles. The molecule has 0 aliphatic carbocycles. The van der Waals surface area contributed by atoms with Gasteiger partial charge in [-0.25, -0.2) is 9.78 Å². The van der Waals surface area contributed by atoms with E-state index in [0.717, 1.165) is 31.9 Å². The molecule has 3 heterocycles. The highest BCUT2D eigenvalue weighted by Gasteiger charge is 2.35. The number of hydrogen-bond donors (Lipinski definition) is 2. The first-order valence-corrected chi connectivity index (χ1v) is 7.79. The van der Waals surface area contributed by atoms with Crippen LogP contribution in [0.2, 0.25) is 0 Å². The number of fused-ring (bicyclic) bond motifs is 1. The van der Waals surface area contributed by atoms with Crippen LogP contribution in [0.25, 0.3) is 0 Å². The number of rotatable bonds is 4. The van der Waals surface area contributed by atoms with Gasteiger partial charge in [-0.15, -0.1) is 0 Å². The lowest BCUT2D eigenvalue weighted by atomic mass is 9.96. The summed E-state index contributed by atoms with van der Waals surface area (Å²) in [6, 6.07) is 0. The zero-order chi connectivity index (χ0) is 15.9. The number of likely N-dealkylation sites (N-methyl/N-ethyl adjacent to an activating group) is 1. The maximum absolute atomic E-state index is 11.4. The van der Waals surface area contributed by atoms with Crippen molar-refractivity contribution >= 4 is 11.9 Å². The van der Waals surface area contributed by atoms with Crippen molar-refractivity contribution in [3.63, 3.8) is 0 Å². The summed E-state index contributed by atoms with van der Waals surface area (Å²) in [6.45, 7) is 5.25. The van der Waals surface area contributed by atoms with E-state index >= 15 is 0 Å². The molecule has 1 saturated heterocycles. The third-order valence-electron chi connectivity index (χ3n) is 4.87. The minimum absolute atomic E-state index is 0.105. The average molecular weight is 307 g/mol. The van der Waals surface area contributed by atoms with Crippen molar-refractivity contribution in [1.29, 1.82) is 0 Å². The second kappa shape index (κ2) is 5.72. The number of aromatic carboxylic acids is 1. The Kier molecular flexibility index (Phi) is 3.90. The molecule has 0 bridgehead atoms. The quantitative estimate of drug-likeness (QED) is 0.863. The Labute approximate surface area is 128 Å².